The van der Waals surface area contributed by atoms with E-state index in [0.29, 0.717) is 24.5 Å². The molecule has 6 heteroatoms. The number of aliphatic hydroxyl groups excluding tert-OH is 1. The van der Waals surface area contributed by atoms with E-state index in [1.165, 1.54) is 0 Å². The topological polar surface area (TPSA) is 78.6 Å². The van der Waals surface area contributed by atoms with E-state index in [4.69, 9.17) is 18.0 Å². The molecule has 0 aliphatic carbocycles. The second kappa shape index (κ2) is 7.49. The predicted molar refractivity (Wildman–Crippen MR) is 87.3 cm³/mol. The summed E-state index contributed by atoms with van der Waals surface area (Å²) in [5.74, 6) is -0.0295. The number of anilines is 1. The van der Waals surface area contributed by atoms with Crippen LogP contribution >= 0.6 is 12.2 Å². The summed E-state index contributed by atoms with van der Waals surface area (Å²) >= 11 is 4.88. The second-order valence-corrected chi connectivity index (χ2v) is 5.78. The number of aliphatic hydroxyl groups is 1. The molecular formula is C15H21N3O2S. The first-order valence-corrected chi connectivity index (χ1v) is 7.55. The largest absolute Gasteiger partial charge is 0.392 e. The fraction of sp³-hybridized carbons (Fsp3) is 0.467. The highest BCUT2D eigenvalue weighted by atomic mass is 32.1. The Bertz CT molecular complexity index is 504. The number of nitrogens with two attached hydrogens (primary N) is 1. The average molecular weight is 307 g/mol. The minimum Gasteiger partial charge on any atom is -0.392 e. The number of hydrogen-bond donors (Lipinski definition) is 3. The van der Waals surface area contributed by atoms with Crippen LogP contribution in [0.5, 0.6) is 0 Å². The normalized spacial score (nSPS) is 19.2. The summed E-state index contributed by atoms with van der Waals surface area (Å²) in [4.78, 5) is 14.4. The number of benzene rings is 1. The first-order valence-electron chi connectivity index (χ1n) is 7.15. The third-order valence-electron chi connectivity index (χ3n) is 3.59. The first kappa shape index (κ1) is 15.9. The van der Waals surface area contributed by atoms with Gasteiger partial charge in [-0.1, -0.05) is 12.2 Å². The Hall–Kier alpha value is -1.50. The Kier molecular flexibility index (Phi) is 5.67. The highest BCUT2D eigenvalue weighted by Crippen LogP contribution is 2.12. The fourth-order valence-corrected chi connectivity index (χ4v) is 2.57. The molecule has 0 spiro atoms. The van der Waals surface area contributed by atoms with Gasteiger partial charge in [-0.3, -0.25) is 4.79 Å². The van der Waals surface area contributed by atoms with Crippen LogP contribution in [0.1, 0.15) is 24.8 Å². The Morgan fingerprint density at radius 3 is 2.76 bits per heavy atom. The van der Waals surface area contributed by atoms with Gasteiger partial charge in [0.05, 0.1) is 6.10 Å². The van der Waals surface area contributed by atoms with Crippen LogP contribution in [-0.4, -0.2) is 46.6 Å². The molecule has 0 radical (unpaired) electrons. The average Bonchev–Trinajstić information content (AvgIpc) is 2.46. The van der Waals surface area contributed by atoms with E-state index < -0.39 is 0 Å². The number of piperidine rings is 1. The van der Waals surface area contributed by atoms with Crippen LogP contribution in [0, 0.1) is 0 Å². The molecule has 0 aromatic heterocycles. The Labute approximate surface area is 130 Å². The number of hydrogen-bond acceptors (Lipinski definition) is 4. The van der Waals surface area contributed by atoms with E-state index in [0.717, 1.165) is 30.6 Å². The van der Waals surface area contributed by atoms with Crippen LogP contribution in [0.15, 0.2) is 24.3 Å². The highest BCUT2D eigenvalue weighted by molar-refractivity contribution is 7.80. The van der Waals surface area contributed by atoms with Gasteiger partial charge in [0, 0.05) is 30.8 Å². The maximum atomic E-state index is 11.9. The van der Waals surface area contributed by atoms with Gasteiger partial charge in [0.1, 0.15) is 4.99 Å². The summed E-state index contributed by atoms with van der Waals surface area (Å²) in [5.41, 5.74) is 7.04. The molecule has 1 aliphatic rings. The molecule has 1 atom stereocenters. The molecule has 5 nitrogen and oxygen atoms in total. The van der Waals surface area contributed by atoms with Gasteiger partial charge in [0.25, 0.3) is 0 Å². The third-order valence-corrected chi connectivity index (χ3v) is 3.82. The minimum absolute atomic E-state index is 0.0295. The summed E-state index contributed by atoms with van der Waals surface area (Å²) in [5, 5.41) is 12.4. The molecule has 0 saturated carbocycles. The molecule has 4 N–H and O–H groups in total. The summed E-state index contributed by atoms with van der Waals surface area (Å²) in [6, 6.07) is 7.16. The molecule has 2 rings (SSSR count). The summed E-state index contributed by atoms with van der Waals surface area (Å²) in [6.07, 6.45) is 2.01. The molecule has 1 saturated heterocycles. The maximum absolute atomic E-state index is 11.9. The Morgan fingerprint density at radius 1 is 1.43 bits per heavy atom. The molecule has 1 aliphatic heterocycles. The number of amides is 1. The summed E-state index contributed by atoms with van der Waals surface area (Å²) < 4.78 is 0. The number of carbonyl (C=O) groups is 1. The van der Waals surface area contributed by atoms with Crippen LogP contribution in [0.4, 0.5) is 5.69 Å². The van der Waals surface area contributed by atoms with Crippen molar-refractivity contribution in [3.63, 3.8) is 0 Å². The van der Waals surface area contributed by atoms with Crippen molar-refractivity contribution < 1.29 is 9.90 Å². The van der Waals surface area contributed by atoms with Crippen molar-refractivity contribution in [2.45, 2.75) is 25.4 Å². The van der Waals surface area contributed by atoms with Crippen molar-refractivity contribution in [2.75, 3.05) is 25.0 Å². The SMILES string of the molecule is NC(=S)c1ccc(NC(=O)CCN2CCCC(O)C2)cc1. The summed E-state index contributed by atoms with van der Waals surface area (Å²) in [6.45, 7) is 2.29. The highest BCUT2D eigenvalue weighted by Gasteiger charge is 2.17. The lowest BCUT2D eigenvalue weighted by molar-refractivity contribution is -0.116. The van der Waals surface area contributed by atoms with E-state index >= 15 is 0 Å². The van der Waals surface area contributed by atoms with Crippen LogP contribution < -0.4 is 11.1 Å². The number of carbonyl (C=O) groups excluding carboxylic acids is 1. The van der Waals surface area contributed by atoms with Gasteiger partial charge in [0.15, 0.2) is 0 Å². The fourth-order valence-electron chi connectivity index (χ4n) is 2.44. The molecule has 1 amide bonds. The van der Waals surface area contributed by atoms with Crippen molar-refractivity contribution in [3.8, 4) is 0 Å². The van der Waals surface area contributed by atoms with E-state index in [-0.39, 0.29) is 12.0 Å². The molecule has 114 valence electrons. The lowest BCUT2D eigenvalue weighted by Gasteiger charge is -2.29. The monoisotopic (exact) mass is 307 g/mol. The molecule has 1 unspecified atom stereocenters. The molecule has 21 heavy (non-hydrogen) atoms. The zero-order valence-corrected chi connectivity index (χ0v) is 12.7. The van der Waals surface area contributed by atoms with Gasteiger partial charge < -0.3 is 21.1 Å². The van der Waals surface area contributed by atoms with Crippen molar-refractivity contribution in [1.29, 1.82) is 0 Å². The van der Waals surface area contributed by atoms with Gasteiger partial charge in [-0.2, -0.15) is 0 Å². The molecule has 1 fully saturated rings. The smallest absolute Gasteiger partial charge is 0.225 e. The zero-order valence-electron chi connectivity index (χ0n) is 11.9. The quantitative estimate of drug-likeness (QED) is 0.710. The zero-order chi connectivity index (χ0) is 15.2. The van der Waals surface area contributed by atoms with Crippen molar-refractivity contribution in [1.82, 2.24) is 4.90 Å². The molecule has 0 bridgehead atoms. The van der Waals surface area contributed by atoms with E-state index in [1.807, 2.05) is 0 Å². The lowest BCUT2D eigenvalue weighted by atomic mass is 10.1. The first-order chi connectivity index (χ1) is 10.0. The van der Waals surface area contributed by atoms with Crippen molar-refractivity contribution in [3.05, 3.63) is 29.8 Å². The molecular weight excluding hydrogens is 286 g/mol. The number of nitrogens with one attached hydrogen (secondary N) is 1. The predicted octanol–water partition coefficient (Wildman–Crippen LogP) is 1.11. The Balaban J connectivity index is 1.77. The van der Waals surface area contributed by atoms with Gasteiger partial charge in [-0.15, -0.1) is 0 Å². The van der Waals surface area contributed by atoms with Gasteiger partial charge in [-0.05, 0) is 43.7 Å². The number of rotatable bonds is 5. The van der Waals surface area contributed by atoms with Gasteiger partial charge in [0.2, 0.25) is 5.91 Å². The van der Waals surface area contributed by atoms with E-state index in [1.54, 1.807) is 24.3 Å². The van der Waals surface area contributed by atoms with E-state index in [9.17, 15) is 9.90 Å². The molecule has 1 heterocycles. The van der Waals surface area contributed by atoms with Gasteiger partial charge in [-0.25, -0.2) is 0 Å². The maximum Gasteiger partial charge on any atom is 0.225 e. The second-order valence-electron chi connectivity index (χ2n) is 5.34. The van der Waals surface area contributed by atoms with Crippen LogP contribution in [0.2, 0.25) is 0 Å². The number of likely N-dealkylation sites (tertiary alicyclic amines) is 1. The van der Waals surface area contributed by atoms with Crippen molar-refractivity contribution >= 4 is 28.8 Å². The number of thiocarbonyl (C=S) groups is 1. The number of β-amino-alcohol motifs (C(OH)–C–C–N with tert-alkyl or cyclic N) is 1. The Morgan fingerprint density at radius 2 is 2.14 bits per heavy atom. The van der Waals surface area contributed by atoms with Crippen LogP contribution in [0.3, 0.4) is 0 Å². The number of nitrogens with zero attached hydrogens (tertiary/aromatic N) is 1. The van der Waals surface area contributed by atoms with Gasteiger partial charge >= 0.3 is 0 Å². The molecule has 1 aromatic carbocycles. The van der Waals surface area contributed by atoms with Crippen LogP contribution in [0.25, 0.3) is 0 Å². The third kappa shape index (κ3) is 5.08. The van der Waals surface area contributed by atoms with Crippen molar-refractivity contribution in [2.24, 2.45) is 5.73 Å². The standard InChI is InChI=1S/C15H21N3O2S/c16-15(21)11-3-5-12(6-4-11)17-14(20)7-9-18-8-1-2-13(19)10-18/h3-6,13,19H,1-2,7-10H2,(H2,16,21)(H,17,20). The lowest BCUT2D eigenvalue weighted by Crippen LogP contribution is -2.39. The summed E-state index contributed by atoms with van der Waals surface area (Å²) in [7, 11) is 0. The van der Waals surface area contributed by atoms with Crippen LogP contribution in [-0.2, 0) is 4.79 Å². The van der Waals surface area contributed by atoms with E-state index in [2.05, 4.69) is 10.2 Å². The molecule has 1 aromatic rings. The minimum atomic E-state index is -0.255.